The molecular weight excluding hydrogens is 293 g/mol. The van der Waals surface area contributed by atoms with Gasteiger partial charge in [-0.2, -0.15) is 4.98 Å². The first-order valence-corrected chi connectivity index (χ1v) is 6.99. The third-order valence-corrected chi connectivity index (χ3v) is 3.28. The molecule has 0 saturated heterocycles. The number of benzene rings is 1. The molecule has 0 amide bonds. The molecule has 0 saturated carbocycles. The molecule has 0 radical (unpaired) electrons. The number of rotatable bonds is 4. The van der Waals surface area contributed by atoms with Gasteiger partial charge < -0.3 is 10.1 Å². The fraction of sp³-hybridized carbons (Fsp3) is 0.333. The highest BCUT2D eigenvalue weighted by molar-refractivity contribution is 6.30. The summed E-state index contributed by atoms with van der Waals surface area (Å²) in [7, 11) is 1.78. The van der Waals surface area contributed by atoms with Crippen molar-refractivity contribution in [3.05, 3.63) is 40.4 Å². The first-order valence-electron chi connectivity index (χ1n) is 6.61. The summed E-state index contributed by atoms with van der Waals surface area (Å²) in [6, 6.07) is 4.28. The molecule has 2 aromatic rings. The second-order valence-corrected chi connectivity index (χ2v) is 5.35. The standard InChI is InChI=1S/C15H17ClFN3O/c1-8(2)13-19-14(18-4)9(3)15(20-13)21-10-5-6-11(16)12(17)7-10/h5-8H,1-4H3,(H,18,19,20). The van der Waals surface area contributed by atoms with Crippen LogP contribution in [0.25, 0.3) is 0 Å². The molecule has 0 bridgehead atoms. The summed E-state index contributed by atoms with van der Waals surface area (Å²) in [6.07, 6.45) is 0. The van der Waals surface area contributed by atoms with E-state index in [1.54, 1.807) is 13.1 Å². The molecule has 0 atom stereocenters. The van der Waals surface area contributed by atoms with E-state index >= 15 is 0 Å². The molecule has 112 valence electrons. The molecule has 0 aliphatic rings. The molecule has 4 nitrogen and oxygen atoms in total. The summed E-state index contributed by atoms with van der Waals surface area (Å²) in [5.41, 5.74) is 0.761. The number of ether oxygens (including phenoxy) is 1. The summed E-state index contributed by atoms with van der Waals surface area (Å²) < 4.78 is 19.2. The van der Waals surface area contributed by atoms with Crippen molar-refractivity contribution in [2.24, 2.45) is 0 Å². The predicted molar refractivity (Wildman–Crippen MR) is 81.9 cm³/mol. The summed E-state index contributed by atoms with van der Waals surface area (Å²) in [6.45, 7) is 5.84. The molecule has 0 fully saturated rings. The molecule has 1 N–H and O–H groups in total. The number of aromatic nitrogens is 2. The average molecular weight is 310 g/mol. The van der Waals surface area contributed by atoms with Crippen molar-refractivity contribution in [1.82, 2.24) is 9.97 Å². The lowest BCUT2D eigenvalue weighted by atomic mass is 10.2. The number of hydrogen-bond acceptors (Lipinski definition) is 4. The zero-order valence-corrected chi connectivity index (χ0v) is 13.1. The van der Waals surface area contributed by atoms with Gasteiger partial charge in [0.2, 0.25) is 5.88 Å². The Morgan fingerprint density at radius 3 is 2.57 bits per heavy atom. The van der Waals surface area contributed by atoms with E-state index in [-0.39, 0.29) is 10.9 Å². The third kappa shape index (κ3) is 3.42. The minimum Gasteiger partial charge on any atom is -0.438 e. The van der Waals surface area contributed by atoms with Crippen molar-refractivity contribution in [3.8, 4) is 11.6 Å². The lowest BCUT2D eigenvalue weighted by Crippen LogP contribution is -2.06. The van der Waals surface area contributed by atoms with E-state index in [0.717, 1.165) is 5.56 Å². The normalized spacial score (nSPS) is 10.8. The maximum absolute atomic E-state index is 13.5. The van der Waals surface area contributed by atoms with Crippen LogP contribution in [0.4, 0.5) is 10.2 Å². The van der Waals surface area contributed by atoms with Crippen molar-refractivity contribution >= 4 is 17.4 Å². The minimum atomic E-state index is -0.529. The molecule has 0 aliphatic heterocycles. The van der Waals surface area contributed by atoms with Gasteiger partial charge in [0, 0.05) is 19.0 Å². The van der Waals surface area contributed by atoms with Crippen LogP contribution < -0.4 is 10.1 Å². The topological polar surface area (TPSA) is 47.0 Å². The van der Waals surface area contributed by atoms with Gasteiger partial charge in [0.1, 0.15) is 23.2 Å². The van der Waals surface area contributed by atoms with Gasteiger partial charge >= 0.3 is 0 Å². The van der Waals surface area contributed by atoms with E-state index in [9.17, 15) is 4.39 Å². The quantitative estimate of drug-likeness (QED) is 0.901. The van der Waals surface area contributed by atoms with Crippen LogP contribution in [-0.4, -0.2) is 17.0 Å². The predicted octanol–water partition coefficient (Wildman–Crippen LogP) is 4.53. The summed E-state index contributed by atoms with van der Waals surface area (Å²) in [4.78, 5) is 8.83. The molecule has 1 aromatic heterocycles. The molecule has 6 heteroatoms. The Labute approximate surface area is 128 Å². The Hall–Kier alpha value is -1.88. The van der Waals surface area contributed by atoms with Crippen LogP contribution in [-0.2, 0) is 0 Å². The number of nitrogens with zero attached hydrogens (tertiary/aromatic N) is 2. The number of anilines is 1. The van der Waals surface area contributed by atoms with Crippen LogP contribution in [0.2, 0.25) is 5.02 Å². The second kappa shape index (κ2) is 6.26. The highest BCUT2D eigenvalue weighted by Gasteiger charge is 2.14. The van der Waals surface area contributed by atoms with Gasteiger partial charge in [-0.15, -0.1) is 0 Å². The first-order chi connectivity index (χ1) is 9.92. The van der Waals surface area contributed by atoms with E-state index in [4.69, 9.17) is 16.3 Å². The third-order valence-electron chi connectivity index (χ3n) is 2.98. The Morgan fingerprint density at radius 1 is 1.29 bits per heavy atom. The zero-order chi connectivity index (χ0) is 15.6. The lowest BCUT2D eigenvalue weighted by Gasteiger charge is -2.14. The molecule has 0 aliphatic carbocycles. The zero-order valence-electron chi connectivity index (χ0n) is 12.4. The molecule has 1 heterocycles. The van der Waals surface area contributed by atoms with Gasteiger partial charge in [0.05, 0.1) is 10.6 Å². The monoisotopic (exact) mass is 309 g/mol. The van der Waals surface area contributed by atoms with Gasteiger partial charge in [-0.1, -0.05) is 25.4 Å². The lowest BCUT2D eigenvalue weighted by molar-refractivity contribution is 0.449. The molecular formula is C15H17ClFN3O. The number of halogens is 2. The molecule has 0 unspecified atom stereocenters. The molecule has 21 heavy (non-hydrogen) atoms. The largest absolute Gasteiger partial charge is 0.438 e. The van der Waals surface area contributed by atoms with E-state index < -0.39 is 5.82 Å². The van der Waals surface area contributed by atoms with E-state index in [0.29, 0.717) is 23.3 Å². The number of nitrogens with one attached hydrogen (secondary N) is 1. The fourth-order valence-electron chi connectivity index (χ4n) is 1.77. The van der Waals surface area contributed by atoms with Crippen molar-refractivity contribution in [1.29, 1.82) is 0 Å². The van der Waals surface area contributed by atoms with Gasteiger partial charge in [0.15, 0.2) is 0 Å². The van der Waals surface area contributed by atoms with Crippen molar-refractivity contribution in [3.63, 3.8) is 0 Å². The van der Waals surface area contributed by atoms with Crippen molar-refractivity contribution < 1.29 is 9.13 Å². The summed E-state index contributed by atoms with van der Waals surface area (Å²) >= 11 is 5.66. The molecule has 0 spiro atoms. The Balaban J connectivity index is 2.42. The number of hydrogen-bond donors (Lipinski definition) is 1. The highest BCUT2D eigenvalue weighted by atomic mass is 35.5. The van der Waals surface area contributed by atoms with Crippen LogP contribution in [0, 0.1) is 12.7 Å². The van der Waals surface area contributed by atoms with Crippen LogP contribution in [0.3, 0.4) is 0 Å². The Bertz CT molecular complexity index is 662. The fourth-order valence-corrected chi connectivity index (χ4v) is 1.88. The van der Waals surface area contributed by atoms with Gasteiger partial charge in [-0.25, -0.2) is 9.37 Å². The van der Waals surface area contributed by atoms with E-state index in [1.807, 2.05) is 20.8 Å². The first kappa shape index (κ1) is 15.5. The van der Waals surface area contributed by atoms with Gasteiger partial charge in [-0.3, -0.25) is 0 Å². The van der Waals surface area contributed by atoms with Gasteiger partial charge in [0.25, 0.3) is 0 Å². The summed E-state index contributed by atoms with van der Waals surface area (Å²) in [5.74, 6) is 1.73. The molecule has 1 aromatic carbocycles. The van der Waals surface area contributed by atoms with Crippen LogP contribution in [0.15, 0.2) is 18.2 Å². The average Bonchev–Trinajstić information content (AvgIpc) is 2.44. The Kier molecular flexibility index (Phi) is 4.63. The van der Waals surface area contributed by atoms with Crippen molar-refractivity contribution in [2.75, 3.05) is 12.4 Å². The van der Waals surface area contributed by atoms with Crippen LogP contribution in [0.1, 0.15) is 31.2 Å². The SMILES string of the molecule is CNc1nc(C(C)C)nc(Oc2ccc(Cl)c(F)c2)c1C. The van der Waals surface area contributed by atoms with Gasteiger partial charge in [-0.05, 0) is 19.1 Å². The maximum atomic E-state index is 13.5. The minimum absolute atomic E-state index is 0.0561. The van der Waals surface area contributed by atoms with E-state index in [2.05, 4.69) is 15.3 Å². The Morgan fingerprint density at radius 2 is 2.00 bits per heavy atom. The van der Waals surface area contributed by atoms with Crippen molar-refractivity contribution in [2.45, 2.75) is 26.7 Å². The molecule has 2 rings (SSSR count). The smallest absolute Gasteiger partial charge is 0.227 e. The van der Waals surface area contributed by atoms with Crippen LogP contribution >= 0.6 is 11.6 Å². The van der Waals surface area contributed by atoms with Crippen LogP contribution in [0.5, 0.6) is 11.6 Å². The second-order valence-electron chi connectivity index (χ2n) is 4.94. The highest BCUT2D eigenvalue weighted by Crippen LogP contribution is 2.30. The summed E-state index contributed by atoms with van der Waals surface area (Å²) in [5, 5.41) is 3.07. The maximum Gasteiger partial charge on any atom is 0.227 e. The van der Waals surface area contributed by atoms with E-state index in [1.165, 1.54) is 12.1 Å².